The number of carbonyl (C=O) groups is 2. The Balaban J connectivity index is 1.30. The van der Waals surface area contributed by atoms with E-state index in [-0.39, 0.29) is 12.8 Å². The molecule has 1 fully saturated rings. The third kappa shape index (κ3) is 11.3. The van der Waals surface area contributed by atoms with E-state index in [1.54, 1.807) is 7.11 Å². The van der Waals surface area contributed by atoms with Gasteiger partial charge in [-0.25, -0.2) is 4.79 Å². The highest BCUT2D eigenvalue weighted by Crippen LogP contribution is 2.29. The molecule has 0 aliphatic carbocycles. The van der Waals surface area contributed by atoms with E-state index in [4.69, 9.17) is 14.2 Å². The van der Waals surface area contributed by atoms with Gasteiger partial charge in [0.05, 0.1) is 12.6 Å². The van der Waals surface area contributed by atoms with E-state index in [0.29, 0.717) is 12.5 Å². The van der Waals surface area contributed by atoms with Crippen LogP contribution in [0.3, 0.4) is 0 Å². The van der Waals surface area contributed by atoms with Crippen LogP contribution in [0.4, 0.5) is 4.79 Å². The Hall–Kier alpha value is -3.06. The van der Waals surface area contributed by atoms with Gasteiger partial charge in [0.25, 0.3) is 0 Å². The Morgan fingerprint density at radius 2 is 1.69 bits per heavy atom. The molecule has 0 spiro atoms. The number of methoxy groups -OCH3 is 1. The fourth-order valence-electron chi connectivity index (χ4n) is 5.58. The Kier molecular flexibility index (Phi) is 15.3. The summed E-state index contributed by atoms with van der Waals surface area (Å²) in [5, 5.41) is 0.977. The molecule has 7 heteroatoms. The van der Waals surface area contributed by atoms with E-state index >= 15 is 0 Å². The number of carbonyl (C=O) groups excluding carboxylic acids is 2. The predicted octanol–water partition coefficient (Wildman–Crippen LogP) is 8.59. The molecule has 1 atom stereocenters. The fourth-order valence-corrected chi connectivity index (χ4v) is 5.58. The first-order valence-electron chi connectivity index (χ1n) is 16.0. The number of likely N-dealkylation sites (tertiary alicyclic amines) is 1. The number of esters is 1. The van der Waals surface area contributed by atoms with Gasteiger partial charge < -0.3 is 19.1 Å². The van der Waals surface area contributed by atoms with Crippen molar-refractivity contribution in [3.05, 3.63) is 54.3 Å². The molecule has 0 radical (unpaired) electrons. The fraction of sp³-hybridized carbons (Fsp3) is 0.600. The molecule has 0 saturated carbocycles. The summed E-state index contributed by atoms with van der Waals surface area (Å²) in [6.07, 6.45) is 26.4. The summed E-state index contributed by atoms with van der Waals surface area (Å²) in [7, 11) is 3.79. The van der Waals surface area contributed by atoms with Crippen LogP contribution in [0.25, 0.3) is 10.9 Å². The molecular weight excluding hydrogens is 528 g/mol. The highest BCUT2D eigenvalue weighted by Gasteiger charge is 2.24. The summed E-state index contributed by atoms with van der Waals surface area (Å²) >= 11 is 0. The van der Waals surface area contributed by atoms with Crippen LogP contribution in [0, 0.1) is 0 Å². The lowest BCUT2D eigenvalue weighted by atomic mass is 10.0. The lowest BCUT2D eigenvalue weighted by Gasteiger charge is -2.18. The van der Waals surface area contributed by atoms with Crippen molar-refractivity contribution in [3.8, 4) is 5.75 Å². The van der Waals surface area contributed by atoms with Gasteiger partial charge in [0.1, 0.15) is 5.75 Å². The Morgan fingerprint density at radius 3 is 2.40 bits per heavy atom. The highest BCUT2D eigenvalue weighted by atomic mass is 16.7. The number of benzene rings is 1. The topological polar surface area (TPSA) is 70.0 Å². The van der Waals surface area contributed by atoms with Gasteiger partial charge in [-0.2, -0.15) is 0 Å². The van der Waals surface area contributed by atoms with Crippen LogP contribution in [0.5, 0.6) is 5.75 Å². The summed E-state index contributed by atoms with van der Waals surface area (Å²) in [4.78, 5) is 27.4. The van der Waals surface area contributed by atoms with E-state index in [0.717, 1.165) is 73.7 Å². The van der Waals surface area contributed by atoms with Crippen LogP contribution in [-0.2, 0) is 20.7 Å². The Bertz CT molecular complexity index is 1150. The molecule has 1 saturated heterocycles. The van der Waals surface area contributed by atoms with Gasteiger partial charge in [0.2, 0.25) is 6.79 Å². The molecule has 1 aromatic heterocycles. The molecule has 42 heavy (non-hydrogen) atoms. The maximum Gasteiger partial charge on any atom is 0.421 e. The van der Waals surface area contributed by atoms with Gasteiger partial charge in [-0.1, -0.05) is 63.3 Å². The molecule has 1 aliphatic rings. The van der Waals surface area contributed by atoms with Gasteiger partial charge in [0, 0.05) is 24.0 Å². The van der Waals surface area contributed by atoms with Crippen LogP contribution < -0.4 is 4.74 Å². The molecule has 0 bridgehead atoms. The monoisotopic (exact) mass is 580 g/mol. The number of likely N-dealkylation sites (N-methyl/N-ethyl adjacent to an activating group) is 1. The predicted molar refractivity (Wildman–Crippen MR) is 170 cm³/mol. The van der Waals surface area contributed by atoms with Gasteiger partial charge >= 0.3 is 12.1 Å². The van der Waals surface area contributed by atoms with Crippen molar-refractivity contribution in [2.24, 2.45) is 0 Å². The molecule has 7 nitrogen and oxygen atoms in total. The lowest BCUT2D eigenvalue weighted by molar-refractivity contribution is -0.151. The van der Waals surface area contributed by atoms with Gasteiger partial charge in [0.15, 0.2) is 0 Å². The number of nitrogens with zero attached hydrogens (tertiary/aromatic N) is 2. The van der Waals surface area contributed by atoms with Gasteiger partial charge in [-0.3, -0.25) is 9.36 Å². The van der Waals surface area contributed by atoms with Crippen LogP contribution in [0.15, 0.2) is 48.7 Å². The van der Waals surface area contributed by atoms with Crippen molar-refractivity contribution >= 4 is 23.0 Å². The zero-order valence-corrected chi connectivity index (χ0v) is 26.2. The number of rotatable bonds is 19. The Morgan fingerprint density at radius 1 is 0.952 bits per heavy atom. The quantitative estimate of drug-likeness (QED) is 0.0717. The van der Waals surface area contributed by atoms with Crippen LogP contribution >= 0.6 is 0 Å². The second kappa shape index (κ2) is 19.2. The molecule has 3 rings (SSSR count). The van der Waals surface area contributed by atoms with Crippen molar-refractivity contribution < 1.29 is 23.8 Å². The van der Waals surface area contributed by atoms with Crippen molar-refractivity contribution in [1.29, 1.82) is 0 Å². The third-order valence-corrected chi connectivity index (χ3v) is 8.15. The lowest BCUT2D eigenvalue weighted by Crippen LogP contribution is -2.26. The second-order valence-corrected chi connectivity index (χ2v) is 11.4. The summed E-state index contributed by atoms with van der Waals surface area (Å²) in [5.41, 5.74) is 1.84. The molecule has 0 amide bonds. The summed E-state index contributed by atoms with van der Waals surface area (Å²) in [6, 6.07) is 6.12. The largest absolute Gasteiger partial charge is 0.497 e. The van der Waals surface area contributed by atoms with Crippen LogP contribution in [-0.4, -0.2) is 55.1 Å². The molecule has 1 aliphatic heterocycles. The molecule has 0 unspecified atom stereocenters. The van der Waals surface area contributed by atoms with E-state index in [2.05, 4.69) is 43.2 Å². The molecule has 2 aromatic rings. The summed E-state index contributed by atoms with van der Waals surface area (Å²) in [6.45, 7) is 2.95. The number of unbranched alkanes of at least 4 members (excludes halogenated alkanes) is 8. The first-order chi connectivity index (χ1) is 20.5. The van der Waals surface area contributed by atoms with Crippen molar-refractivity contribution in [2.75, 3.05) is 27.5 Å². The summed E-state index contributed by atoms with van der Waals surface area (Å²) in [5.74, 6) is 0.414. The van der Waals surface area contributed by atoms with E-state index in [9.17, 15) is 9.59 Å². The standard InChI is InChI=1S/C35H52N2O5/c1-4-5-6-7-8-9-10-11-12-13-14-15-16-17-18-21-34(38)41-28-42-35(39)37-27-29(25-30-20-19-24-36(30)2)32-26-31(40-3)22-23-33(32)37/h8-9,11-12,22-23,26-27,30H,4-7,10,13-21,24-25,28H2,1-3H3/b9-8-,12-11-/t30-/m1/s1. The number of hydrogen-bond donors (Lipinski definition) is 0. The first kappa shape index (κ1) is 33.4. The molecule has 232 valence electrons. The second-order valence-electron chi connectivity index (χ2n) is 11.4. The van der Waals surface area contributed by atoms with E-state index in [1.807, 2.05) is 24.4 Å². The van der Waals surface area contributed by atoms with Gasteiger partial charge in [-0.15, -0.1) is 0 Å². The van der Waals surface area contributed by atoms with Crippen LogP contribution in [0.2, 0.25) is 0 Å². The minimum Gasteiger partial charge on any atom is -0.497 e. The smallest absolute Gasteiger partial charge is 0.421 e. The third-order valence-electron chi connectivity index (χ3n) is 8.15. The first-order valence-corrected chi connectivity index (χ1v) is 16.0. The van der Waals surface area contributed by atoms with Crippen LogP contribution in [0.1, 0.15) is 102 Å². The zero-order chi connectivity index (χ0) is 30.0. The Labute approximate surface area is 252 Å². The number of aromatic nitrogens is 1. The number of allylic oxidation sites excluding steroid dienone is 4. The molecule has 1 aromatic carbocycles. The maximum atomic E-state index is 12.9. The van der Waals surface area contributed by atoms with E-state index < -0.39 is 6.09 Å². The number of fused-ring (bicyclic) bond motifs is 1. The average molecular weight is 581 g/mol. The molecule has 0 N–H and O–H groups in total. The van der Waals surface area contributed by atoms with Crippen molar-refractivity contribution in [3.63, 3.8) is 0 Å². The van der Waals surface area contributed by atoms with Crippen molar-refractivity contribution in [2.45, 2.75) is 109 Å². The number of ether oxygens (including phenoxy) is 3. The normalized spacial score (nSPS) is 15.7. The number of hydrogen-bond acceptors (Lipinski definition) is 6. The van der Waals surface area contributed by atoms with Crippen molar-refractivity contribution in [1.82, 2.24) is 9.47 Å². The highest BCUT2D eigenvalue weighted by molar-refractivity contribution is 5.93. The average Bonchev–Trinajstić information content (AvgIpc) is 3.57. The summed E-state index contributed by atoms with van der Waals surface area (Å²) < 4.78 is 17.5. The molecular formula is C35H52N2O5. The molecule has 2 heterocycles. The van der Waals surface area contributed by atoms with Gasteiger partial charge in [-0.05, 0) is 95.1 Å². The SMILES string of the molecule is CCCCC/C=C\C/C=C\CCCCCCCC(=O)OCOC(=O)n1cc(C[C@H]2CCCN2C)c2cc(OC)ccc21. The minimum atomic E-state index is -0.555. The van der Waals surface area contributed by atoms with E-state index in [1.165, 1.54) is 49.5 Å². The maximum absolute atomic E-state index is 12.9. The zero-order valence-electron chi connectivity index (χ0n) is 26.2. The minimum absolute atomic E-state index is 0.333.